The van der Waals surface area contributed by atoms with Crippen LogP contribution in [-0.4, -0.2) is 48.7 Å². The van der Waals surface area contributed by atoms with E-state index in [9.17, 15) is 9.90 Å². The molecule has 0 aromatic rings. The lowest BCUT2D eigenvalue weighted by molar-refractivity contribution is -0.122. The van der Waals surface area contributed by atoms with Gasteiger partial charge in [0.2, 0.25) is 5.91 Å². The summed E-state index contributed by atoms with van der Waals surface area (Å²) in [6, 6.07) is 0.354. The predicted octanol–water partition coefficient (Wildman–Crippen LogP) is 5.29. The molecular weight excluding hydrogens is 336 g/mol. The van der Waals surface area contributed by atoms with Gasteiger partial charge in [0.15, 0.2) is 0 Å². The third-order valence-electron chi connectivity index (χ3n) is 5.24. The van der Waals surface area contributed by atoms with Gasteiger partial charge in [0, 0.05) is 12.5 Å². The maximum absolute atomic E-state index is 12.0. The Hall–Kier alpha value is -0.610. The highest BCUT2D eigenvalue weighted by molar-refractivity contribution is 5.76. The molecule has 162 valence electrons. The SMILES string of the molecule is CCCCCCC1CCCCCCCC(O)CCC(=O)N1.CCCN(C)C. The fourth-order valence-electron chi connectivity index (χ4n) is 3.60. The van der Waals surface area contributed by atoms with Gasteiger partial charge in [0.05, 0.1) is 6.10 Å². The maximum Gasteiger partial charge on any atom is 0.220 e. The van der Waals surface area contributed by atoms with E-state index in [-0.39, 0.29) is 12.0 Å². The van der Waals surface area contributed by atoms with Gasteiger partial charge >= 0.3 is 0 Å². The number of rotatable bonds is 7. The zero-order chi connectivity index (χ0) is 20.3. The average Bonchev–Trinajstić information content (AvgIpc) is 2.63. The molecule has 2 atom stereocenters. The van der Waals surface area contributed by atoms with Gasteiger partial charge in [-0.05, 0) is 52.7 Å². The van der Waals surface area contributed by atoms with Gasteiger partial charge in [0.25, 0.3) is 0 Å². The molecule has 1 heterocycles. The number of hydrogen-bond donors (Lipinski definition) is 2. The monoisotopic (exact) mass is 384 g/mol. The molecule has 0 spiro atoms. The summed E-state index contributed by atoms with van der Waals surface area (Å²) in [6.45, 7) is 5.62. The summed E-state index contributed by atoms with van der Waals surface area (Å²) in [5.74, 6) is 0.133. The number of nitrogens with one attached hydrogen (secondary N) is 1. The Morgan fingerprint density at radius 3 is 2.19 bits per heavy atom. The van der Waals surface area contributed by atoms with E-state index in [1.54, 1.807) is 0 Å². The first-order valence-corrected chi connectivity index (χ1v) is 11.6. The molecule has 0 radical (unpaired) electrons. The number of aliphatic hydroxyl groups excluding tert-OH is 1. The molecule has 27 heavy (non-hydrogen) atoms. The van der Waals surface area contributed by atoms with Gasteiger partial charge in [-0.25, -0.2) is 0 Å². The Morgan fingerprint density at radius 1 is 0.926 bits per heavy atom. The van der Waals surface area contributed by atoms with E-state index in [4.69, 9.17) is 0 Å². The predicted molar refractivity (Wildman–Crippen MR) is 117 cm³/mol. The molecule has 1 rings (SSSR count). The van der Waals surface area contributed by atoms with Crippen molar-refractivity contribution in [2.75, 3.05) is 20.6 Å². The highest BCUT2D eigenvalue weighted by atomic mass is 16.3. The Kier molecular flexibility index (Phi) is 18.3. The van der Waals surface area contributed by atoms with E-state index in [1.165, 1.54) is 64.3 Å². The molecule has 4 heteroatoms. The van der Waals surface area contributed by atoms with Crippen LogP contribution in [0.4, 0.5) is 0 Å². The molecule has 1 saturated heterocycles. The quantitative estimate of drug-likeness (QED) is 0.587. The molecule has 0 aromatic heterocycles. The minimum Gasteiger partial charge on any atom is -0.393 e. The van der Waals surface area contributed by atoms with E-state index >= 15 is 0 Å². The molecule has 0 aliphatic carbocycles. The van der Waals surface area contributed by atoms with Crippen LogP contribution in [0.25, 0.3) is 0 Å². The van der Waals surface area contributed by atoms with Gasteiger partial charge in [-0.2, -0.15) is 0 Å². The molecule has 1 fully saturated rings. The number of amides is 1. The average molecular weight is 385 g/mol. The third-order valence-corrected chi connectivity index (χ3v) is 5.24. The summed E-state index contributed by atoms with van der Waals surface area (Å²) in [5, 5.41) is 13.1. The first kappa shape index (κ1) is 26.4. The molecule has 1 aliphatic heterocycles. The first-order chi connectivity index (χ1) is 13.0. The minimum absolute atomic E-state index is 0.133. The maximum atomic E-state index is 12.0. The highest BCUT2D eigenvalue weighted by Gasteiger charge is 2.14. The second-order valence-electron chi connectivity index (χ2n) is 8.45. The molecule has 2 unspecified atom stereocenters. The first-order valence-electron chi connectivity index (χ1n) is 11.6. The van der Waals surface area contributed by atoms with Crippen LogP contribution in [-0.2, 0) is 4.79 Å². The van der Waals surface area contributed by atoms with Crippen molar-refractivity contribution in [2.24, 2.45) is 0 Å². The van der Waals surface area contributed by atoms with Crippen molar-refractivity contribution in [3.05, 3.63) is 0 Å². The van der Waals surface area contributed by atoms with Gasteiger partial charge in [-0.15, -0.1) is 0 Å². The number of carbonyl (C=O) groups excluding carboxylic acids is 1. The standard InChI is InChI=1S/C18H35NO2.C5H13N/c1-2-3-4-8-11-16-12-9-6-5-7-10-13-17(20)14-15-18(21)19-16;1-4-5-6(2)3/h16-17,20H,2-15H2,1H3,(H,19,21);4-5H2,1-3H3. The zero-order valence-corrected chi connectivity index (χ0v) is 18.8. The second kappa shape index (κ2) is 18.7. The summed E-state index contributed by atoms with van der Waals surface area (Å²) in [7, 11) is 4.17. The second-order valence-corrected chi connectivity index (χ2v) is 8.45. The number of aliphatic hydroxyl groups is 1. The Balaban J connectivity index is 0.000000972. The molecule has 0 saturated carbocycles. The van der Waals surface area contributed by atoms with Crippen molar-refractivity contribution in [1.29, 1.82) is 0 Å². The van der Waals surface area contributed by atoms with E-state index in [0.29, 0.717) is 18.9 Å². The van der Waals surface area contributed by atoms with Crippen LogP contribution < -0.4 is 5.32 Å². The Bertz CT molecular complexity index is 334. The topological polar surface area (TPSA) is 52.6 Å². The summed E-state index contributed by atoms with van der Waals surface area (Å²) >= 11 is 0. The third kappa shape index (κ3) is 18.5. The van der Waals surface area contributed by atoms with Crippen LogP contribution in [0.2, 0.25) is 0 Å². The van der Waals surface area contributed by atoms with Crippen LogP contribution in [0.5, 0.6) is 0 Å². The molecule has 2 N–H and O–H groups in total. The summed E-state index contributed by atoms with van der Waals surface area (Å²) in [6.07, 6.45) is 16.3. The van der Waals surface area contributed by atoms with Gasteiger partial charge in [0.1, 0.15) is 0 Å². The normalized spacial score (nSPS) is 22.7. The Labute approximate surface area is 169 Å². The van der Waals surface area contributed by atoms with Crippen molar-refractivity contribution in [3.63, 3.8) is 0 Å². The number of nitrogens with zero attached hydrogens (tertiary/aromatic N) is 1. The lowest BCUT2D eigenvalue weighted by Crippen LogP contribution is -2.35. The fourth-order valence-corrected chi connectivity index (χ4v) is 3.60. The zero-order valence-electron chi connectivity index (χ0n) is 18.8. The van der Waals surface area contributed by atoms with Crippen LogP contribution in [0.15, 0.2) is 0 Å². The van der Waals surface area contributed by atoms with Crippen molar-refractivity contribution in [3.8, 4) is 0 Å². The van der Waals surface area contributed by atoms with E-state index in [2.05, 4.69) is 38.2 Å². The molecule has 1 amide bonds. The van der Waals surface area contributed by atoms with E-state index in [0.717, 1.165) is 25.7 Å². The van der Waals surface area contributed by atoms with E-state index in [1.807, 2.05) is 0 Å². The highest BCUT2D eigenvalue weighted by Crippen LogP contribution is 2.16. The van der Waals surface area contributed by atoms with E-state index < -0.39 is 0 Å². The minimum atomic E-state index is -0.292. The summed E-state index contributed by atoms with van der Waals surface area (Å²) in [5.41, 5.74) is 0. The molecule has 4 nitrogen and oxygen atoms in total. The van der Waals surface area contributed by atoms with Gasteiger partial charge in [-0.3, -0.25) is 4.79 Å². The Morgan fingerprint density at radius 2 is 1.59 bits per heavy atom. The fraction of sp³-hybridized carbons (Fsp3) is 0.957. The number of hydrogen-bond acceptors (Lipinski definition) is 3. The summed E-state index contributed by atoms with van der Waals surface area (Å²) in [4.78, 5) is 14.2. The van der Waals surface area contributed by atoms with Crippen LogP contribution in [0.3, 0.4) is 0 Å². The van der Waals surface area contributed by atoms with Crippen LogP contribution in [0.1, 0.15) is 110 Å². The van der Waals surface area contributed by atoms with Crippen molar-refractivity contribution in [2.45, 2.75) is 122 Å². The van der Waals surface area contributed by atoms with Gasteiger partial charge in [-0.1, -0.05) is 71.6 Å². The lowest BCUT2D eigenvalue weighted by atomic mass is 10.0. The van der Waals surface area contributed by atoms with Crippen molar-refractivity contribution < 1.29 is 9.90 Å². The lowest BCUT2D eigenvalue weighted by Gasteiger charge is -2.19. The smallest absolute Gasteiger partial charge is 0.220 e. The van der Waals surface area contributed by atoms with Crippen LogP contribution >= 0.6 is 0 Å². The number of unbranched alkanes of at least 4 members (excludes halogenated alkanes) is 3. The molecule has 0 bridgehead atoms. The van der Waals surface area contributed by atoms with Crippen molar-refractivity contribution in [1.82, 2.24) is 10.2 Å². The van der Waals surface area contributed by atoms with Crippen LogP contribution in [0, 0.1) is 0 Å². The van der Waals surface area contributed by atoms with Gasteiger partial charge < -0.3 is 15.3 Å². The molecular formula is C23H48N2O2. The largest absolute Gasteiger partial charge is 0.393 e. The molecule has 0 aromatic carbocycles. The van der Waals surface area contributed by atoms with Crippen molar-refractivity contribution >= 4 is 5.91 Å². The summed E-state index contributed by atoms with van der Waals surface area (Å²) < 4.78 is 0. The molecule has 1 aliphatic rings. The number of carbonyl (C=O) groups is 1.